The lowest BCUT2D eigenvalue weighted by Gasteiger charge is -2.58. The number of carbonyl (C=O) groups is 2. The molecular weight excluding hydrogens is 433 g/mol. The van der Waals surface area contributed by atoms with E-state index in [0.29, 0.717) is 12.2 Å². The number of nitrogens with zero attached hydrogens (tertiary/aromatic N) is 2. The molecule has 0 aliphatic carbocycles. The van der Waals surface area contributed by atoms with Gasteiger partial charge in [0, 0.05) is 18.2 Å². The molecule has 0 unspecified atom stereocenters. The third-order valence-corrected chi connectivity index (χ3v) is 6.87. The van der Waals surface area contributed by atoms with Gasteiger partial charge in [0.2, 0.25) is 5.91 Å². The molecule has 0 saturated carbocycles. The van der Waals surface area contributed by atoms with E-state index >= 15 is 0 Å². The van der Waals surface area contributed by atoms with Crippen molar-refractivity contribution in [3.63, 3.8) is 0 Å². The molecule has 0 radical (unpaired) electrons. The van der Waals surface area contributed by atoms with Crippen molar-refractivity contribution in [2.45, 2.75) is 24.9 Å². The van der Waals surface area contributed by atoms with Crippen LogP contribution >= 0.6 is 0 Å². The smallest absolute Gasteiger partial charge is 0.322 e. The second kappa shape index (κ2) is 8.91. The number of fused-ring (bicyclic) bond motifs is 1. The number of hydrogen-bond acceptors (Lipinski definition) is 3. The maximum Gasteiger partial charge on any atom is 0.322 e. The van der Waals surface area contributed by atoms with Crippen LogP contribution in [-0.2, 0) is 4.79 Å². The van der Waals surface area contributed by atoms with Gasteiger partial charge in [-0.25, -0.2) is 9.18 Å². The van der Waals surface area contributed by atoms with Gasteiger partial charge in [-0.1, -0.05) is 54.6 Å². The van der Waals surface area contributed by atoms with Crippen molar-refractivity contribution in [3.05, 3.63) is 89.7 Å². The zero-order valence-electron chi connectivity index (χ0n) is 18.8. The number of aliphatic hydroxyl groups is 1. The van der Waals surface area contributed by atoms with Gasteiger partial charge in [-0.15, -0.1) is 0 Å². The van der Waals surface area contributed by atoms with E-state index in [-0.39, 0.29) is 37.1 Å². The summed E-state index contributed by atoms with van der Waals surface area (Å²) >= 11 is 0. The molecule has 2 aliphatic rings. The predicted molar refractivity (Wildman–Crippen MR) is 128 cm³/mol. The topological polar surface area (TPSA) is 72.9 Å². The number of halogens is 1. The first-order valence-electron chi connectivity index (χ1n) is 11.4. The van der Waals surface area contributed by atoms with Crippen LogP contribution in [0.1, 0.15) is 17.0 Å². The molecule has 2 aliphatic heterocycles. The quantitative estimate of drug-likeness (QED) is 0.619. The Hall–Kier alpha value is -3.71. The van der Waals surface area contributed by atoms with Gasteiger partial charge < -0.3 is 20.2 Å². The Morgan fingerprint density at radius 3 is 2.56 bits per heavy atom. The molecular formula is C27H26FN3O3. The van der Waals surface area contributed by atoms with Gasteiger partial charge in [0.15, 0.2) is 0 Å². The van der Waals surface area contributed by atoms with E-state index in [1.807, 2.05) is 24.3 Å². The first-order chi connectivity index (χ1) is 16.5. The number of benzene rings is 3. The number of hydrogen-bond donors (Lipinski definition) is 2. The summed E-state index contributed by atoms with van der Waals surface area (Å²) in [6, 6.07) is 21.1. The minimum atomic E-state index is -0.447. The average molecular weight is 460 g/mol. The maximum atomic E-state index is 13.5. The van der Waals surface area contributed by atoms with Gasteiger partial charge in [-0.05, 0) is 47.4 Å². The van der Waals surface area contributed by atoms with Crippen LogP contribution in [0, 0.1) is 12.7 Å². The van der Waals surface area contributed by atoms with E-state index < -0.39 is 11.8 Å². The summed E-state index contributed by atoms with van der Waals surface area (Å²) in [5.41, 5.74) is 4.82. The molecule has 34 heavy (non-hydrogen) atoms. The Labute approximate surface area is 197 Å². The number of urea groups is 1. The van der Waals surface area contributed by atoms with Crippen LogP contribution in [0.15, 0.2) is 72.8 Å². The number of piperazine rings is 1. The molecule has 0 aromatic heterocycles. The van der Waals surface area contributed by atoms with Crippen molar-refractivity contribution in [2.24, 2.45) is 0 Å². The second-order valence-corrected chi connectivity index (χ2v) is 8.90. The van der Waals surface area contributed by atoms with E-state index in [1.165, 1.54) is 28.7 Å². The summed E-state index contributed by atoms with van der Waals surface area (Å²) in [6.07, 6.45) is 0. The van der Waals surface area contributed by atoms with Gasteiger partial charge in [0.05, 0.1) is 18.7 Å². The number of aliphatic hydroxyl groups excluding tert-OH is 1. The fourth-order valence-electron chi connectivity index (χ4n) is 5.20. The Morgan fingerprint density at radius 2 is 1.85 bits per heavy atom. The monoisotopic (exact) mass is 459 g/mol. The van der Waals surface area contributed by atoms with Crippen molar-refractivity contribution in [3.8, 4) is 11.1 Å². The molecule has 3 aromatic rings. The van der Waals surface area contributed by atoms with Crippen LogP contribution in [0.25, 0.3) is 11.1 Å². The maximum absolute atomic E-state index is 13.5. The highest BCUT2D eigenvalue weighted by Crippen LogP contribution is 2.43. The SMILES string of the molecule is Cc1ccccc1-c1ccc([C@H]2[C@H]3CN(C(=O)Nc4cccc(F)c4)CC(=O)N3[C@H]2CO)cc1. The van der Waals surface area contributed by atoms with E-state index in [2.05, 4.69) is 36.5 Å². The van der Waals surface area contributed by atoms with Gasteiger partial charge in [-0.2, -0.15) is 0 Å². The number of anilines is 1. The van der Waals surface area contributed by atoms with Gasteiger partial charge in [0.1, 0.15) is 12.4 Å². The summed E-state index contributed by atoms with van der Waals surface area (Å²) in [7, 11) is 0. The lowest BCUT2D eigenvalue weighted by Crippen LogP contribution is -2.73. The molecule has 2 N–H and O–H groups in total. The van der Waals surface area contributed by atoms with Gasteiger partial charge >= 0.3 is 6.03 Å². The van der Waals surface area contributed by atoms with Crippen LogP contribution in [0.5, 0.6) is 0 Å². The van der Waals surface area contributed by atoms with E-state index in [9.17, 15) is 19.1 Å². The minimum Gasteiger partial charge on any atom is -0.394 e. The zero-order chi connectivity index (χ0) is 23.8. The lowest BCUT2D eigenvalue weighted by atomic mass is 9.73. The highest BCUT2D eigenvalue weighted by molar-refractivity contribution is 5.93. The third kappa shape index (κ3) is 3.92. The third-order valence-electron chi connectivity index (χ3n) is 6.87. The van der Waals surface area contributed by atoms with Crippen LogP contribution in [0.4, 0.5) is 14.9 Å². The summed E-state index contributed by atoms with van der Waals surface area (Å²) in [5.74, 6) is -0.722. The van der Waals surface area contributed by atoms with Crippen molar-refractivity contribution >= 4 is 17.6 Å². The molecule has 2 heterocycles. The summed E-state index contributed by atoms with van der Waals surface area (Å²) in [4.78, 5) is 28.8. The normalized spacial score (nSPS) is 21.6. The van der Waals surface area contributed by atoms with Gasteiger partial charge in [-0.3, -0.25) is 4.79 Å². The first-order valence-corrected chi connectivity index (χ1v) is 11.4. The molecule has 3 aromatic carbocycles. The summed E-state index contributed by atoms with van der Waals surface area (Å²) in [6.45, 7) is 2.20. The standard InChI is InChI=1S/C27H26FN3O3/c1-17-5-2-3-8-22(17)18-9-11-19(12-10-18)26-23-14-30(15-25(33)31(23)24(26)16-32)27(34)29-21-7-4-6-20(28)13-21/h2-13,23-24,26,32H,14-16H2,1H3,(H,29,34)/t23-,24+,26+/m1/s1. The predicted octanol–water partition coefficient (Wildman–Crippen LogP) is 4.00. The molecule has 2 fully saturated rings. The van der Waals surface area contributed by atoms with E-state index in [4.69, 9.17) is 0 Å². The van der Waals surface area contributed by atoms with Crippen LogP contribution < -0.4 is 5.32 Å². The van der Waals surface area contributed by atoms with Crippen molar-refractivity contribution in [1.29, 1.82) is 0 Å². The molecule has 0 spiro atoms. The number of aryl methyl sites for hydroxylation is 1. The number of amides is 3. The average Bonchev–Trinajstić information content (AvgIpc) is 2.81. The number of nitrogens with one attached hydrogen (secondary N) is 1. The highest BCUT2D eigenvalue weighted by atomic mass is 19.1. The molecule has 2 saturated heterocycles. The Bertz CT molecular complexity index is 1230. The molecule has 5 rings (SSSR count). The molecule has 7 heteroatoms. The van der Waals surface area contributed by atoms with Crippen LogP contribution in [-0.4, -0.2) is 58.6 Å². The minimum absolute atomic E-state index is 0.0763. The van der Waals surface area contributed by atoms with Crippen molar-refractivity contribution in [1.82, 2.24) is 9.80 Å². The Balaban J connectivity index is 1.35. The van der Waals surface area contributed by atoms with Crippen LogP contribution in [0.2, 0.25) is 0 Å². The van der Waals surface area contributed by atoms with E-state index in [0.717, 1.165) is 16.7 Å². The number of rotatable bonds is 4. The fraction of sp³-hybridized carbons (Fsp3) is 0.259. The Morgan fingerprint density at radius 1 is 1.09 bits per heavy atom. The van der Waals surface area contributed by atoms with Crippen LogP contribution in [0.3, 0.4) is 0 Å². The summed E-state index contributed by atoms with van der Waals surface area (Å²) in [5, 5.41) is 12.7. The van der Waals surface area contributed by atoms with E-state index in [1.54, 1.807) is 11.0 Å². The molecule has 3 amide bonds. The fourth-order valence-corrected chi connectivity index (χ4v) is 5.20. The lowest BCUT2D eigenvalue weighted by molar-refractivity contribution is -0.159. The largest absolute Gasteiger partial charge is 0.394 e. The molecule has 3 atom stereocenters. The van der Waals surface area contributed by atoms with Crippen molar-refractivity contribution in [2.75, 3.05) is 25.0 Å². The molecule has 6 nitrogen and oxygen atoms in total. The second-order valence-electron chi connectivity index (χ2n) is 8.90. The van der Waals surface area contributed by atoms with Gasteiger partial charge in [0.25, 0.3) is 0 Å². The first kappa shape index (κ1) is 22.1. The number of carbonyl (C=O) groups excluding carboxylic acids is 2. The molecule has 174 valence electrons. The van der Waals surface area contributed by atoms with Crippen molar-refractivity contribution < 1.29 is 19.1 Å². The Kier molecular flexibility index (Phi) is 5.79. The molecule has 0 bridgehead atoms. The summed E-state index contributed by atoms with van der Waals surface area (Å²) < 4.78 is 13.5. The highest BCUT2D eigenvalue weighted by Gasteiger charge is 2.54. The zero-order valence-corrected chi connectivity index (χ0v) is 18.8.